The van der Waals surface area contributed by atoms with Crippen LogP contribution in [0.15, 0.2) is 52.1 Å². The predicted octanol–water partition coefficient (Wildman–Crippen LogP) is 4.16. The predicted molar refractivity (Wildman–Crippen MR) is 109 cm³/mol. The third kappa shape index (κ3) is 4.92. The van der Waals surface area contributed by atoms with Gasteiger partial charge in [-0.2, -0.15) is 0 Å². The van der Waals surface area contributed by atoms with E-state index < -0.39 is 0 Å². The lowest BCUT2D eigenvalue weighted by Gasteiger charge is -2.10. The number of hydrogen-bond acceptors (Lipinski definition) is 6. The van der Waals surface area contributed by atoms with E-state index in [4.69, 9.17) is 9.15 Å². The maximum absolute atomic E-state index is 12.4. The monoisotopic (exact) mass is 397 g/mol. The van der Waals surface area contributed by atoms with Crippen LogP contribution in [0.4, 0.5) is 0 Å². The molecule has 1 amide bonds. The minimum atomic E-state index is -0.355. The number of carbonyl (C=O) groups excluding carboxylic acids is 1. The number of aryl methyl sites for hydroxylation is 2. The number of hydrogen-bond donors (Lipinski definition) is 1. The normalized spacial score (nSPS) is 11.9. The van der Waals surface area contributed by atoms with E-state index in [0.717, 1.165) is 22.4 Å². The van der Waals surface area contributed by atoms with Gasteiger partial charge in [-0.05, 0) is 61.7 Å². The van der Waals surface area contributed by atoms with Crippen molar-refractivity contribution in [3.8, 4) is 17.2 Å². The summed E-state index contributed by atoms with van der Waals surface area (Å²) in [6, 6.07) is 13.6. The van der Waals surface area contributed by atoms with Crippen molar-refractivity contribution in [3.63, 3.8) is 0 Å². The molecule has 3 aromatic rings. The molecule has 28 heavy (non-hydrogen) atoms. The SMILES string of the molecule is COc1ccc(CNC(=O)[C@@H](C)Sc2nnc(-c3ccc(C)c(C)c3)o2)cc1. The molecule has 1 heterocycles. The Morgan fingerprint density at radius 3 is 2.57 bits per heavy atom. The van der Waals surface area contributed by atoms with Gasteiger partial charge in [-0.15, -0.1) is 10.2 Å². The Hall–Kier alpha value is -2.80. The molecule has 1 N–H and O–H groups in total. The summed E-state index contributed by atoms with van der Waals surface area (Å²) in [5, 5.41) is 11.1. The standard InChI is InChI=1S/C21H23N3O3S/c1-13-5-8-17(11-14(13)2)20-23-24-21(27-20)28-15(3)19(25)22-12-16-6-9-18(26-4)10-7-16/h5-11,15H,12H2,1-4H3,(H,22,25)/t15-/m1/s1. The molecule has 0 radical (unpaired) electrons. The van der Waals surface area contributed by atoms with Crippen molar-refractivity contribution in [2.24, 2.45) is 0 Å². The van der Waals surface area contributed by atoms with Crippen LogP contribution in [-0.4, -0.2) is 28.5 Å². The molecule has 0 unspecified atom stereocenters. The first-order valence-electron chi connectivity index (χ1n) is 8.94. The van der Waals surface area contributed by atoms with E-state index in [1.165, 1.54) is 17.3 Å². The van der Waals surface area contributed by atoms with E-state index in [-0.39, 0.29) is 11.2 Å². The van der Waals surface area contributed by atoms with Crippen molar-refractivity contribution in [1.29, 1.82) is 0 Å². The van der Waals surface area contributed by atoms with Gasteiger partial charge < -0.3 is 14.5 Å². The fourth-order valence-electron chi connectivity index (χ4n) is 2.53. The van der Waals surface area contributed by atoms with Gasteiger partial charge in [-0.1, -0.05) is 30.0 Å². The molecule has 0 aliphatic heterocycles. The largest absolute Gasteiger partial charge is 0.497 e. The summed E-state index contributed by atoms with van der Waals surface area (Å²) >= 11 is 1.24. The smallest absolute Gasteiger partial charge is 0.277 e. The molecule has 0 spiro atoms. The molecule has 0 saturated carbocycles. The number of carbonyl (C=O) groups is 1. The quantitative estimate of drug-likeness (QED) is 0.603. The molecule has 2 aromatic carbocycles. The Labute approximate surface area is 168 Å². The van der Waals surface area contributed by atoms with Crippen molar-refractivity contribution in [1.82, 2.24) is 15.5 Å². The van der Waals surface area contributed by atoms with Gasteiger partial charge in [0.05, 0.1) is 12.4 Å². The Balaban J connectivity index is 1.56. The molecule has 7 heteroatoms. The number of nitrogens with one attached hydrogen (secondary N) is 1. The average Bonchev–Trinajstić information content (AvgIpc) is 3.17. The first-order chi connectivity index (χ1) is 13.5. The van der Waals surface area contributed by atoms with Crippen molar-refractivity contribution in [3.05, 3.63) is 59.2 Å². The Kier molecular flexibility index (Phi) is 6.36. The van der Waals surface area contributed by atoms with Crippen molar-refractivity contribution >= 4 is 17.7 Å². The highest BCUT2D eigenvalue weighted by Crippen LogP contribution is 2.27. The Morgan fingerprint density at radius 2 is 1.89 bits per heavy atom. The number of rotatable bonds is 7. The summed E-state index contributed by atoms with van der Waals surface area (Å²) in [6.45, 7) is 6.36. The first-order valence-corrected chi connectivity index (χ1v) is 9.82. The highest BCUT2D eigenvalue weighted by molar-refractivity contribution is 8.00. The van der Waals surface area contributed by atoms with Crippen LogP contribution in [0.3, 0.4) is 0 Å². The summed E-state index contributed by atoms with van der Waals surface area (Å²) in [4.78, 5) is 12.4. The lowest BCUT2D eigenvalue weighted by molar-refractivity contribution is -0.120. The maximum atomic E-state index is 12.4. The molecular formula is C21H23N3O3S. The van der Waals surface area contributed by atoms with Crippen molar-refractivity contribution in [2.75, 3.05) is 7.11 Å². The van der Waals surface area contributed by atoms with E-state index in [1.807, 2.05) is 56.3 Å². The fourth-order valence-corrected chi connectivity index (χ4v) is 3.24. The average molecular weight is 398 g/mol. The summed E-state index contributed by atoms with van der Waals surface area (Å²) in [5.74, 6) is 1.15. The molecule has 1 atom stereocenters. The molecule has 6 nitrogen and oxygen atoms in total. The minimum Gasteiger partial charge on any atom is -0.497 e. The van der Waals surface area contributed by atoms with Gasteiger partial charge in [0, 0.05) is 12.1 Å². The van der Waals surface area contributed by atoms with Gasteiger partial charge in [0.2, 0.25) is 11.8 Å². The molecule has 0 aliphatic carbocycles. The van der Waals surface area contributed by atoms with Crippen LogP contribution < -0.4 is 10.1 Å². The van der Waals surface area contributed by atoms with Crippen LogP contribution >= 0.6 is 11.8 Å². The van der Waals surface area contributed by atoms with Crippen LogP contribution in [-0.2, 0) is 11.3 Å². The number of nitrogens with zero attached hydrogens (tertiary/aromatic N) is 2. The Bertz CT molecular complexity index is 954. The van der Waals surface area contributed by atoms with Gasteiger partial charge >= 0.3 is 0 Å². The molecule has 0 aliphatic rings. The van der Waals surface area contributed by atoms with Gasteiger partial charge in [0.1, 0.15) is 5.75 Å². The van der Waals surface area contributed by atoms with Crippen LogP contribution in [0.2, 0.25) is 0 Å². The number of thioether (sulfide) groups is 1. The van der Waals surface area contributed by atoms with E-state index in [2.05, 4.69) is 22.4 Å². The number of amides is 1. The second kappa shape index (κ2) is 8.93. The molecule has 3 rings (SSSR count). The van der Waals surface area contributed by atoms with E-state index in [9.17, 15) is 4.79 Å². The highest BCUT2D eigenvalue weighted by Gasteiger charge is 2.18. The second-order valence-electron chi connectivity index (χ2n) is 6.50. The molecule has 146 valence electrons. The molecule has 0 fully saturated rings. The zero-order valence-electron chi connectivity index (χ0n) is 16.4. The molecule has 0 bridgehead atoms. The topological polar surface area (TPSA) is 77.2 Å². The van der Waals surface area contributed by atoms with Gasteiger partial charge in [0.25, 0.3) is 5.22 Å². The number of benzene rings is 2. The maximum Gasteiger partial charge on any atom is 0.277 e. The lowest BCUT2D eigenvalue weighted by atomic mass is 10.1. The Morgan fingerprint density at radius 1 is 1.14 bits per heavy atom. The number of methoxy groups -OCH3 is 1. The van der Waals surface area contributed by atoms with Gasteiger partial charge in [-0.25, -0.2) is 0 Å². The van der Waals surface area contributed by atoms with Crippen LogP contribution in [0.1, 0.15) is 23.6 Å². The van der Waals surface area contributed by atoms with Gasteiger partial charge in [-0.3, -0.25) is 4.79 Å². The number of ether oxygens (including phenoxy) is 1. The van der Waals surface area contributed by atoms with E-state index >= 15 is 0 Å². The zero-order valence-corrected chi connectivity index (χ0v) is 17.2. The summed E-state index contributed by atoms with van der Waals surface area (Å²) < 4.78 is 10.9. The van der Waals surface area contributed by atoms with Crippen LogP contribution in [0.25, 0.3) is 11.5 Å². The van der Waals surface area contributed by atoms with Crippen molar-refractivity contribution in [2.45, 2.75) is 37.8 Å². The lowest BCUT2D eigenvalue weighted by Crippen LogP contribution is -2.30. The fraction of sp³-hybridized carbons (Fsp3) is 0.286. The summed E-state index contributed by atoms with van der Waals surface area (Å²) in [5.41, 5.74) is 4.25. The minimum absolute atomic E-state index is 0.0910. The summed E-state index contributed by atoms with van der Waals surface area (Å²) in [6.07, 6.45) is 0. The molecular weight excluding hydrogens is 374 g/mol. The third-order valence-corrected chi connectivity index (χ3v) is 5.37. The van der Waals surface area contributed by atoms with Gasteiger partial charge in [0.15, 0.2) is 0 Å². The zero-order chi connectivity index (χ0) is 20.1. The van der Waals surface area contributed by atoms with Crippen molar-refractivity contribution < 1.29 is 13.9 Å². The first kappa shape index (κ1) is 19.9. The second-order valence-corrected chi connectivity index (χ2v) is 7.79. The van der Waals surface area contributed by atoms with Crippen LogP contribution in [0.5, 0.6) is 5.75 Å². The van der Waals surface area contributed by atoms with E-state index in [1.54, 1.807) is 7.11 Å². The molecule has 0 saturated heterocycles. The van der Waals surface area contributed by atoms with E-state index in [0.29, 0.717) is 17.7 Å². The summed E-state index contributed by atoms with van der Waals surface area (Å²) in [7, 11) is 1.62. The van der Waals surface area contributed by atoms with Crippen LogP contribution in [0, 0.1) is 13.8 Å². The highest BCUT2D eigenvalue weighted by atomic mass is 32.2. The third-order valence-electron chi connectivity index (χ3n) is 4.43. The number of aromatic nitrogens is 2. The molecule has 1 aromatic heterocycles.